The lowest BCUT2D eigenvalue weighted by molar-refractivity contribution is 0.344. The van der Waals surface area contributed by atoms with Crippen LogP contribution in [0.2, 0.25) is 0 Å². The van der Waals surface area contributed by atoms with Crippen molar-refractivity contribution in [1.82, 2.24) is 5.32 Å². The number of alkyl halides is 1. The first-order valence-electron chi connectivity index (χ1n) is 5.41. The molecule has 2 heteroatoms. The summed E-state index contributed by atoms with van der Waals surface area (Å²) in [5.41, 5.74) is 0.0736. The number of hydrogen-bond donors (Lipinski definition) is 1. The number of nitrogens with one attached hydrogen (secondary N) is 1. The summed E-state index contributed by atoms with van der Waals surface area (Å²) in [7, 11) is 0. The van der Waals surface area contributed by atoms with Crippen molar-refractivity contribution in [2.45, 2.75) is 57.4 Å². The van der Waals surface area contributed by atoms with Crippen LogP contribution in [0.5, 0.6) is 0 Å². The van der Waals surface area contributed by atoms with Crippen LogP contribution < -0.4 is 5.32 Å². The predicted molar refractivity (Wildman–Crippen MR) is 59.4 cm³/mol. The van der Waals surface area contributed by atoms with E-state index in [4.69, 9.17) is 11.6 Å². The van der Waals surface area contributed by atoms with Gasteiger partial charge in [-0.2, -0.15) is 0 Å². The Kier molecular flexibility index (Phi) is 4.06. The van der Waals surface area contributed by atoms with Gasteiger partial charge >= 0.3 is 0 Å². The van der Waals surface area contributed by atoms with Gasteiger partial charge in [-0.1, -0.05) is 12.8 Å². The molecule has 13 heavy (non-hydrogen) atoms. The molecule has 0 amide bonds. The molecule has 1 N–H and O–H groups in total. The maximum absolute atomic E-state index is 6.09. The molecule has 1 fully saturated rings. The molecule has 0 aromatic carbocycles. The van der Waals surface area contributed by atoms with Gasteiger partial charge in [-0.25, -0.2) is 0 Å². The average molecular weight is 204 g/mol. The molecular weight excluding hydrogens is 182 g/mol. The Labute approximate surface area is 87.2 Å². The van der Waals surface area contributed by atoms with E-state index in [1.165, 1.54) is 25.7 Å². The normalized spacial score (nSPS) is 22.2. The molecule has 0 bridgehead atoms. The van der Waals surface area contributed by atoms with E-state index in [0.717, 1.165) is 12.5 Å². The van der Waals surface area contributed by atoms with Crippen LogP contribution in [0.3, 0.4) is 0 Å². The van der Waals surface area contributed by atoms with Crippen LogP contribution in [-0.4, -0.2) is 17.5 Å². The van der Waals surface area contributed by atoms with Crippen molar-refractivity contribution in [2.24, 2.45) is 5.92 Å². The molecule has 0 aromatic heterocycles. The first-order chi connectivity index (χ1) is 6.02. The number of halogens is 1. The molecule has 1 atom stereocenters. The van der Waals surface area contributed by atoms with Gasteiger partial charge in [0.1, 0.15) is 0 Å². The molecule has 0 heterocycles. The minimum Gasteiger partial charge on any atom is -0.310 e. The zero-order valence-corrected chi connectivity index (χ0v) is 9.82. The lowest BCUT2D eigenvalue weighted by Crippen LogP contribution is -2.47. The fraction of sp³-hybridized carbons (Fsp3) is 1.00. The van der Waals surface area contributed by atoms with Gasteiger partial charge in [-0.3, -0.25) is 0 Å². The minimum atomic E-state index is 0.0736. The Balaban J connectivity index is 2.24. The fourth-order valence-electron chi connectivity index (χ4n) is 1.76. The Bertz CT molecular complexity index is 148. The molecule has 0 saturated heterocycles. The summed E-state index contributed by atoms with van der Waals surface area (Å²) < 4.78 is 0. The number of hydrogen-bond acceptors (Lipinski definition) is 1. The van der Waals surface area contributed by atoms with E-state index in [0.29, 0.717) is 0 Å². The Morgan fingerprint density at radius 1 is 1.38 bits per heavy atom. The monoisotopic (exact) mass is 203 g/mol. The fourth-order valence-corrected chi connectivity index (χ4v) is 1.84. The smallest absolute Gasteiger partial charge is 0.0484 e. The molecule has 0 spiro atoms. The molecule has 1 rings (SSSR count). The van der Waals surface area contributed by atoms with Crippen molar-refractivity contribution in [1.29, 1.82) is 0 Å². The molecule has 1 nitrogen and oxygen atoms in total. The summed E-state index contributed by atoms with van der Waals surface area (Å²) >= 11 is 6.09. The minimum absolute atomic E-state index is 0.0736. The van der Waals surface area contributed by atoms with E-state index < -0.39 is 0 Å². The van der Waals surface area contributed by atoms with Gasteiger partial charge in [-0.05, 0) is 46.1 Å². The highest BCUT2D eigenvalue weighted by Gasteiger charge is 2.25. The summed E-state index contributed by atoms with van der Waals surface area (Å²) in [5, 5.41) is 3.76. The molecular formula is C11H22ClN. The summed E-state index contributed by atoms with van der Waals surface area (Å²) in [6.07, 6.45) is 5.64. The predicted octanol–water partition coefficient (Wildman–Crippen LogP) is 3.17. The van der Waals surface area contributed by atoms with Gasteiger partial charge in [0, 0.05) is 10.9 Å². The molecule has 1 saturated carbocycles. The third kappa shape index (κ3) is 3.47. The van der Waals surface area contributed by atoms with Crippen molar-refractivity contribution in [3.8, 4) is 0 Å². The van der Waals surface area contributed by atoms with Crippen LogP contribution in [0.15, 0.2) is 0 Å². The Hall–Kier alpha value is 0.250. The summed E-state index contributed by atoms with van der Waals surface area (Å²) in [5.74, 6) is 0.898. The highest BCUT2D eigenvalue weighted by Crippen LogP contribution is 2.25. The summed E-state index contributed by atoms with van der Waals surface area (Å²) in [6.45, 7) is 7.56. The van der Waals surface area contributed by atoms with E-state index in [9.17, 15) is 0 Å². The van der Waals surface area contributed by atoms with Gasteiger partial charge in [0.25, 0.3) is 0 Å². The topological polar surface area (TPSA) is 12.0 Å². The SMILES string of the molecule is CC(Cl)C(C)(C)NCC1CCCC1. The van der Waals surface area contributed by atoms with Gasteiger partial charge in [0.2, 0.25) is 0 Å². The molecule has 1 aliphatic rings. The second-order valence-electron chi connectivity index (χ2n) is 4.87. The van der Waals surface area contributed by atoms with Crippen LogP contribution in [0.25, 0.3) is 0 Å². The number of rotatable bonds is 4. The lowest BCUT2D eigenvalue weighted by Gasteiger charge is -2.30. The summed E-state index contributed by atoms with van der Waals surface area (Å²) in [4.78, 5) is 0. The summed E-state index contributed by atoms with van der Waals surface area (Å²) in [6, 6.07) is 0. The first-order valence-corrected chi connectivity index (χ1v) is 5.85. The third-order valence-electron chi connectivity index (χ3n) is 3.32. The van der Waals surface area contributed by atoms with Crippen molar-refractivity contribution < 1.29 is 0 Å². The van der Waals surface area contributed by atoms with Crippen molar-refractivity contribution >= 4 is 11.6 Å². The second kappa shape index (κ2) is 4.65. The quantitative estimate of drug-likeness (QED) is 0.693. The highest BCUT2D eigenvalue weighted by atomic mass is 35.5. The second-order valence-corrected chi connectivity index (χ2v) is 5.52. The van der Waals surface area contributed by atoms with Crippen LogP contribution in [0.1, 0.15) is 46.5 Å². The molecule has 0 radical (unpaired) electrons. The van der Waals surface area contributed by atoms with Crippen LogP contribution in [0.4, 0.5) is 0 Å². The maximum atomic E-state index is 6.09. The van der Waals surface area contributed by atoms with Crippen molar-refractivity contribution in [3.05, 3.63) is 0 Å². The highest BCUT2D eigenvalue weighted by molar-refractivity contribution is 6.21. The van der Waals surface area contributed by atoms with E-state index in [2.05, 4.69) is 26.1 Å². The largest absolute Gasteiger partial charge is 0.310 e. The van der Waals surface area contributed by atoms with E-state index in [-0.39, 0.29) is 10.9 Å². The lowest BCUT2D eigenvalue weighted by atomic mass is 9.99. The first kappa shape index (κ1) is 11.3. The molecule has 0 aromatic rings. The third-order valence-corrected chi connectivity index (χ3v) is 3.86. The van der Waals surface area contributed by atoms with E-state index in [1.807, 2.05) is 0 Å². The Morgan fingerprint density at radius 2 is 1.92 bits per heavy atom. The van der Waals surface area contributed by atoms with E-state index >= 15 is 0 Å². The standard InChI is InChI=1S/C11H22ClN/c1-9(12)11(2,3)13-8-10-6-4-5-7-10/h9-10,13H,4-8H2,1-3H3. The molecule has 1 aliphatic carbocycles. The van der Waals surface area contributed by atoms with Crippen LogP contribution in [-0.2, 0) is 0 Å². The maximum Gasteiger partial charge on any atom is 0.0484 e. The Morgan fingerprint density at radius 3 is 2.38 bits per heavy atom. The molecule has 78 valence electrons. The van der Waals surface area contributed by atoms with E-state index in [1.54, 1.807) is 0 Å². The van der Waals surface area contributed by atoms with Crippen molar-refractivity contribution in [2.75, 3.05) is 6.54 Å². The van der Waals surface area contributed by atoms with Crippen LogP contribution in [0, 0.1) is 5.92 Å². The van der Waals surface area contributed by atoms with Crippen molar-refractivity contribution in [3.63, 3.8) is 0 Å². The van der Waals surface area contributed by atoms with Gasteiger partial charge in [-0.15, -0.1) is 11.6 Å². The van der Waals surface area contributed by atoms with Gasteiger partial charge < -0.3 is 5.32 Å². The van der Waals surface area contributed by atoms with Gasteiger partial charge in [0.15, 0.2) is 0 Å². The molecule has 0 aliphatic heterocycles. The van der Waals surface area contributed by atoms with Crippen LogP contribution >= 0.6 is 11.6 Å². The molecule has 1 unspecified atom stereocenters. The van der Waals surface area contributed by atoms with Gasteiger partial charge in [0.05, 0.1) is 0 Å². The average Bonchev–Trinajstić information content (AvgIpc) is 2.52. The zero-order chi connectivity index (χ0) is 9.90. The zero-order valence-electron chi connectivity index (χ0n) is 9.07.